The van der Waals surface area contributed by atoms with E-state index in [1.54, 1.807) is 11.3 Å². The topological polar surface area (TPSA) is 64.7 Å². The Morgan fingerprint density at radius 2 is 2.11 bits per heavy atom. The molecular weight excluding hydrogens is 276 g/mol. The molecule has 0 aliphatic carbocycles. The van der Waals surface area contributed by atoms with Crippen molar-refractivity contribution in [2.24, 2.45) is 5.73 Å². The minimum absolute atomic E-state index is 0.0473. The van der Waals surface area contributed by atoms with E-state index in [1.165, 1.54) is 11.5 Å². The molecule has 0 fully saturated rings. The van der Waals surface area contributed by atoms with E-state index in [0.717, 1.165) is 34.1 Å². The smallest absolute Gasteiger partial charge is 0.0947 e. The average Bonchev–Trinajstić information content (AvgIpc) is 2.95. The fraction of sp³-hybridized carbons (Fsp3) is 0.615. The van der Waals surface area contributed by atoms with Crippen molar-refractivity contribution in [3.05, 3.63) is 26.7 Å². The molecular formula is C13H20N4S2. The molecule has 0 spiro atoms. The molecule has 0 aliphatic heterocycles. The minimum Gasteiger partial charge on any atom is -0.323 e. The summed E-state index contributed by atoms with van der Waals surface area (Å²) in [6.45, 7) is 8.60. The third kappa shape index (κ3) is 3.38. The summed E-state index contributed by atoms with van der Waals surface area (Å²) in [5.41, 5.74) is 8.52. The lowest BCUT2D eigenvalue weighted by molar-refractivity contribution is 0.569. The van der Waals surface area contributed by atoms with Crippen LogP contribution in [0.2, 0.25) is 0 Å². The molecule has 2 N–H and O–H groups in total. The summed E-state index contributed by atoms with van der Waals surface area (Å²) in [5, 5.41) is 7.34. The highest BCUT2D eigenvalue weighted by molar-refractivity contribution is 7.09. The van der Waals surface area contributed by atoms with Crippen LogP contribution < -0.4 is 5.73 Å². The van der Waals surface area contributed by atoms with E-state index in [-0.39, 0.29) is 11.5 Å². The lowest BCUT2D eigenvalue weighted by Crippen LogP contribution is -2.15. The van der Waals surface area contributed by atoms with Crippen LogP contribution in [0.1, 0.15) is 55.0 Å². The molecule has 0 saturated carbocycles. The molecule has 1 atom stereocenters. The highest BCUT2D eigenvalue weighted by Gasteiger charge is 2.20. The van der Waals surface area contributed by atoms with Crippen molar-refractivity contribution in [3.8, 4) is 0 Å². The van der Waals surface area contributed by atoms with Gasteiger partial charge in [0.2, 0.25) is 0 Å². The van der Waals surface area contributed by atoms with Gasteiger partial charge in [0.05, 0.1) is 21.3 Å². The highest BCUT2D eigenvalue weighted by Crippen LogP contribution is 2.27. The number of aromatic nitrogens is 3. The molecule has 0 radical (unpaired) electrons. The number of nitrogens with zero attached hydrogens (tertiary/aromatic N) is 3. The first-order valence-corrected chi connectivity index (χ1v) is 8.08. The van der Waals surface area contributed by atoms with Gasteiger partial charge in [0.15, 0.2) is 0 Å². The van der Waals surface area contributed by atoms with Crippen molar-refractivity contribution in [3.63, 3.8) is 0 Å². The Balaban J connectivity index is 2.11. The molecule has 2 rings (SSSR count). The van der Waals surface area contributed by atoms with E-state index in [2.05, 4.69) is 47.6 Å². The van der Waals surface area contributed by atoms with E-state index >= 15 is 0 Å². The number of thiazole rings is 1. The van der Waals surface area contributed by atoms with E-state index in [1.807, 2.05) is 0 Å². The van der Waals surface area contributed by atoms with Gasteiger partial charge in [-0.05, 0) is 18.0 Å². The number of hydrogen-bond donors (Lipinski definition) is 1. The largest absolute Gasteiger partial charge is 0.323 e. The molecule has 0 bridgehead atoms. The fourth-order valence-electron chi connectivity index (χ4n) is 1.77. The molecule has 2 aromatic rings. The van der Waals surface area contributed by atoms with Gasteiger partial charge in [0.25, 0.3) is 0 Å². The van der Waals surface area contributed by atoms with E-state index in [9.17, 15) is 0 Å². The Morgan fingerprint density at radius 1 is 1.37 bits per heavy atom. The second-order valence-electron chi connectivity index (χ2n) is 5.62. The van der Waals surface area contributed by atoms with Gasteiger partial charge in [-0.3, -0.25) is 0 Å². The van der Waals surface area contributed by atoms with Crippen molar-refractivity contribution in [2.75, 3.05) is 0 Å². The maximum absolute atomic E-state index is 6.26. The maximum atomic E-state index is 6.26. The first-order valence-electron chi connectivity index (χ1n) is 6.43. The molecule has 6 heteroatoms. The minimum atomic E-state index is -0.0473. The number of rotatable bonds is 4. The van der Waals surface area contributed by atoms with E-state index < -0.39 is 0 Å². The van der Waals surface area contributed by atoms with Crippen LogP contribution in [0.5, 0.6) is 0 Å². The van der Waals surface area contributed by atoms with Crippen molar-refractivity contribution in [2.45, 2.75) is 52.0 Å². The summed E-state index contributed by atoms with van der Waals surface area (Å²) < 4.78 is 3.99. The first-order chi connectivity index (χ1) is 8.91. The Hall–Kier alpha value is -0.850. The number of hydrogen-bond acceptors (Lipinski definition) is 6. The normalized spacial score (nSPS) is 13.7. The molecule has 2 aromatic heterocycles. The summed E-state index contributed by atoms with van der Waals surface area (Å²) in [7, 11) is 0. The Labute approximate surface area is 122 Å². The number of nitrogens with two attached hydrogens (primary N) is 1. The predicted octanol–water partition coefficient (Wildman–Crippen LogP) is 3.10. The second-order valence-corrected chi connectivity index (χ2v) is 7.35. The van der Waals surface area contributed by atoms with Crippen LogP contribution in [-0.2, 0) is 18.3 Å². The molecule has 0 amide bonds. The Kier molecular flexibility index (Phi) is 4.32. The van der Waals surface area contributed by atoms with Gasteiger partial charge in [0, 0.05) is 23.3 Å². The number of aryl methyl sites for hydroxylation is 1. The standard InChI is InChI=1S/C13H20N4S2/c1-5-9-12(19-17-16-9)8(14)6-11-15-10(7-18-11)13(2,3)4/h7-8H,5-6,14H2,1-4H3. The third-order valence-electron chi connectivity index (χ3n) is 2.97. The summed E-state index contributed by atoms with van der Waals surface area (Å²) in [6.07, 6.45) is 1.64. The van der Waals surface area contributed by atoms with Gasteiger partial charge in [0.1, 0.15) is 0 Å². The van der Waals surface area contributed by atoms with Crippen molar-refractivity contribution >= 4 is 22.9 Å². The second kappa shape index (κ2) is 5.64. The van der Waals surface area contributed by atoms with Crippen molar-refractivity contribution in [1.82, 2.24) is 14.6 Å². The first kappa shape index (κ1) is 14.6. The lowest BCUT2D eigenvalue weighted by atomic mass is 9.93. The summed E-state index contributed by atoms with van der Waals surface area (Å²) >= 11 is 3.09. The summed E-state index contributed by atoms with van der Waals surface area (Å²) in [6, 6.07) is -0.0473. The molecule has 0 saturated heterocycles. The fourth-order valence-corrected chi connectivity index (χ4v) is 3.59. The summed E-state index contributed by atoms with van der Waals surface area (Å²) in [4.78, 5) is 5.78. The lowest BCUT2D eigenvalue weighted by Gasteiger charge is -2.14. The predicted molar refractivity (Wildman–Crippen MR) is 80.7 cm³/mol. The van der Waals surface area contributed by atoms with Crippen LogP contribution in [0.25, 0.3) is 0 Å². The molecule has 4 nitrogen and oxygen atoms in total. The van der Waals surface area contributed by atoms with Gasteiger partial charge >= 0.3 is 0 Å². The molecule has 104 valence electrons. The molecule has 0 aromatic carbocycles. The monoisotopic (exact) mass is 296 g/mol. The molecule has 0 aliphatic rings. The quantitative estimate of drug-likeness (QED) is 0.941. The molecule has 1 unspecified atom stereocenters. The van der Waals surface area contributed by atoms with Crippen LogP contribution >= 0.6 is 22.9 Å². The zero-order chi connectivity index (χ0) is 14.0. The van der Waals surface area contributed by atoms with Gasteiger partial charge < -0.3 is 5.73 Å². The third-order valence-corrected chi connectivity index (χ3v) is 4.74. The van der Waals surface area contributed by atoms with E-state index in [4.69, 9.17) is 5.73 Å². The zero-order valence-corrected chi connectivity index (χ0v) is 13.4. The zero-order valence-electron chi connectivity index (χ0n) is 11.8. The van der Waals surface area contributed by atoms with Crippen LogP contribution in [-0.4, -0.2) is 14.6 Å². The van der Waals surface area contributed by atoms with Crippen LogP contribution in [0.3, 0.4) is 0 Å². The molecule has 19 heavy (non-hydrogen) atoms. The van der Waals surface area contributed by atoms with Gasteiger partial charge in [-0.15, -0.1) is 16.4 Å². The highest BCUT2D eigenvalue weighted by atomic mass is 32.1. The summed E-state index contributed by atoms with van der Waals surface area (Å²) in [5.74, 6) is 0. The SMILES string of the molecule is CCc1nnsc1C(N)Cc1nc(C(C)(C)C)cs1. The van der Waals surface area contributed by atoms with Gasteiger partial charge in [-0.25, -0.2) is 4.98 Å². The van der Waals surface area contributed by atoms with Crippen molar-refractivity contribution < 1.29 is 0 Å². The van der Waals surface area contributed by atoms with Gasteiger partial charge in [-0.2, -0.15) is 0 Å². The van der Waals surface area contributed by atoms with Gasteiger partial charge in [-0.1, -0.05) is 32.2 Å². The maximum Gasteiger partial charge on any atom is 0.0947 e. The van der Waals surface area contributed by atoms with Crippen LogP contribution in [0.15, 0.2) is 5.38 Å². The van der Waals surface area contributed by atoms with Crippen LogP contribution in [0.4, 0.5) is 0 Å². The Morgan fingerprint density at radius 3 is 2.68 bits per heavy atom. The van der Waals surface area contributed by atoms with Crippen molar-refractivity contribution in [1.29, 1.82) is 0 Å². The molecule has 2 heterocycles. The average molecular weight is 296 g/mol. The van der Waals surface area contributed by atoms with E-state index in [0.29, 0.717) is 0 Å². The van der Waals surface area contributed by atoms with Crippen LogP contribution in [0, 0.1) is 0 Å². The Bertz CT molecular complexity index is 539.